The first-order valence-corrected chi connectivity index (χ1v) is 8.42. The van der Waals surface area contributed by atoms with Gasteiger partial charge in [-0.2, -0.15) is 5.10 Å². The van der Waals surface area contributed by atoms with Crippen LogP contribution in [0.4, 0.5) is 0 Å². The smallest absolute Gasteiger partial charge is 0.251 e. The van der Waals surface area contributed by atoms with E-state index < -0.39 is 0 Å². The maximum Gasteiger partial charge on any atom is 0.251 e. The SMILES string of the molecule is COc1cc(C(=O)NC(C)Cn2cncn2)cc(Cl)c1OCC(C)C. The van der Waals surface area contributed by atoms with Crippen molar-refractivity contribution >= 4 is 17.5 Å². The molecule has 0 saturated carbocycles. The summed E-state index contributed by atoms with van der Waals surface area (Å²) < 4.78 is 12.7. The Kier molecular flexibility index (Phi) is 6.64. The highest BCUT2D eigenvalue weighted by atomic mass is 35.5. The van der Waals surface area contributed by atoms with Crippen LogP contribution in [-0.2, 0) is 6.54 Å². The van der Waals surface area contributed by atoms with Crippen molar-refractivity contribution in [3.63, 3.8) is 0 Å². The number of ether oxygens (including phenoxy) is 2. The fraction of sp³-hybridized carbons (Fsp3) is 0.471. The number of nitrogens with zero attached hydrogens (tertiary/aromatic N) is 3. The van der Waals surface area contributed by atoms with Crippen molar-refractivity contribution in [1.29, 1.82) is 0 Å². The Bertz CT molecular complexity index is 704. The lowest BCUT2D eigenvalue weighted by molar-refractivity contribution is 0.0935. The van der Waals surface area contributed by atoms with Gasteiger partial charge < -0.3 is 14.8 Å². The molecule has 1 heterocycles. The normalized spacial score (nSPS) is 12.1. The van der Waals surface area contributed by atoms with Gasteiger partial charge in [-0.1, -0.05) is 25.4 Å². The molecule has 1 atom stereocenters. The van der Waals surface area contributed by atoms with Crippen LogP contribution in [0.15, 0.2) is 24.8 Å². The molecule has 0 aliphatic heterocycles. The molecule has 0 radical (unpaired) electrons. The van der Waals surface area contributed by atoms with Crippen molar-refractivity contribution in [3.05, 3.63) is 35.4 Å². The summed E-state index contributed by atoms with van der Waals surface area (Å²) in [6.07, 6.45) is 3.05. The standard InChI is InChI=1S/C17H23ClN4O3/c1-11(2)8-25-16-14(18)5-13(6-15(16)24-4)17(23)21-12(3)7-22-10-19-9-20-22/h5-6,9-12H,7-8H2,1-4H3,(H,21,23). The molecule has 2 aromatic rings. The molecule has 2 rings (SSSR count). The van der Waals surface area contributed by atoms with Gasteiger partial charge in [-0.15, -0.1) is 0 Å². The summed E-state index contributed by atoms with van der Waals surface area (Å²) in [4.78, 5) is 16.3. The Hall–Kier alpha value is -2.28. The van der Waals surface area contributed by atoms with Gasteiger partial charge in [0.1, 0.15) is 12.7 Å². The number of amides is 1. The van der Waals surface area contributed by atoms with Crippen molar-refractivity contribution in [2.45, 2.75) is 33.4 Å². The van der Waals surface area contributed by atoms with E-state index in [0.29, 0.717) is 41.2 Å². The fourth-order valence-corrected chi connectivity index (χ4v) is 2.47. The number of carbonyl (C=O) groups excluding carboxylic acids is 1. The lowest BCUT2D eigenvalue weighted by Crippen LogP contribution is -2.35. The summed E-state index contributed by atoms with van der Waals surface area (Å²) in [5.74, 6) is 0.983. The van der Waals surface area contributed by atoms with E-state index in [0.717, 1.165) is 0 Å². The predicted octanol–water partition coefficient (Wildman–Crippen LogP) is 2.79. The van der Waals surface area contributed by atoms with Gasteiger partial charge in [-0.3, -0.25) is 9.48 Å². The van der Waals surface area contributed by atoms with E-state index >= 15 is 0 Å². The largest absolute Gasteiger partial charge is 0.493 e. The van der Waals surface area contributed by atoms with Gasteiger partial charge in [0.05, 0.1) is 25.3 Å². The van der Waals surface area contributed by atoms with Crippen LogP contribution in [0.3, 0.4) is 0 Å². The van der Waals surface area contributed by atoms with Gasteiger partial charge >= 0.3 is 0 Å². The van der Waals surface area contributed by atoms with Crippen molar-refractivity contribution in [3.8, 4) is 11.5 Å². The topological polar surface area (TPSA) is 78.3 Å². The zero-order valence-corrected chi connectivity index (χ0v) is 15.6. The minimum absolute atomic E-state index is 0.129. The molecule has 0 aliphatic rings. The highest BCUT2D eigenvalue weighted by Crippen LogP contribution is 2.36. The maximum absolute atomic E-state index is 12.5. The van der Waals surface area contributed by atoms with Gasteiger partial charge in [0.15, 0.2) is 11.5 Å². The molecule has 0 aliphatic carbocycles. The van der Waals surface area contributed by atoms with Gasteiger partial charge in [0, 0.05) is 11.6 Å². The molecule has 0 fully saturated rings. The number of halogens is 1. The second kappa shape index (κ2) is 8.71. The molecule has 1 N–H and O–H groups in total. The summed E-state index contributed by atoms with van der Waals surface area (Å²) in [5, 5.41) is 7.26. The van der Waals surface area contributed by atoms with Crippen LogP contribution in [0.1, 0.15) is 31.1 Å². The van der Waals surface area contributed by atoms with Crippen molar-refractivity contribution in [1.82, 2.24) is 20.1 Å². The summed E-state index contributed by atoms with van der Waals surface area (Å²) >= 11 is 6.29. The van der Waals surface area contributed by atoms with Crippen LogP contribution in [-0.4, -0.2) is 40.4 Å². The molecular weight excluding hydrogens is 344 g/mol. The molecule has 1 aromatic heterocycles. The van der Waals surface area contributed by atoms with E-state index in [9.17, 15) is 4.79 Å². The molecule has 1 unspecified atom stereocenters. The maximum atomic E-state index is 12.5. The van der Waals surface area contributed by atoms with Crippen LogP contribution in [0.25, 0.3) is 0 Å². The summed E-state index contributed by atoms with van der Waals surface area (Å²) in [5.41, 5.74) is 0.407. The van der Waals surface area contributed by atoms with E-state index in [-0.39, 0.29) is 11.9 Å². The molecule has 0 bridgehead atoms. The van der Waals surface area contributed by atoms with Crippen LogP contribution < -0.4 is 14.8 Å². The average Bonchev–Trinajstić information content (AvgIpc) is 3.05. The van der Waals surface area contributed by atoms with Gasteiger partial charge in [-0.25, -0.2) is 4.98 Å². The molecule has 0 spiro atoms. The van der Waals surface area contributed by atoms with Crippen LogP contribution in [0, 0.1) is 5.92 Å². The predicted molar refractivity (Wildman–Crippen MR) is 95.3 cm³/mol. The number of benzene rings is 1. The first-order valence-electron chi connectivity index (χ1n) is 8.04. The van der Waals surface area contributed by atoms with Crippen molar-refractivity contribution in [2.24, 2.45) is 5.92 Å². The van der Waals surface area contributed by atoms with Gasteiger partial charge in [-0.05, 0) is 25.0 Å². The zero-order valence-electron chi connectivity index (χ0n) is 14.8. The molecule has 136 valence electrons. The molecule has 0 saturated heterocycles. The molecular formula is C17H23ClN4O3. The Labute approximate surface area is 152 Å². The summed E-state index contributed by atoms with van der Waals surface area (Å²) in [6, 6.07) is 3.08. The first-order chi connectivity index (χ1) is 11.9. The Morgan fingerprint density at radius 1 is 1.36 bits per heavy atom. The van der Waals surface area contributed by atoms with E-state index in [1.807, 2.05) is 20.8 Å². The quantitative estimate of drug-likeness (QED) is 0.777. The van der Waals surface area contributed by atoms with E-state index in [4.69, 9.17) is 21.1 Å². The number of hydrogen-bond acceptors (Lipinski definition) is 5. The lowest BCUT2D eigenvalue weighted by Gasteiger charge is -2.17. The lowest BCUT2D eigenvalue weighted by atomic mass is 10.1. The molecule has 1 amide bonds. The highest BCUT2D eigenvalue weighted by molar-refractivity contribution is 6.32. The number of aromatic nitrogens is 3. The molecule has 8 heteroatoms. The fourth-order valence-electron chi connectivity index (χ4n) is 2.20. The Morgan fingerprint density at radius 3 is 2.72 bits per heavy atom. The third-order valence-electron chi connectivity index (χ3n) is 3.36. The van der Waals surface area contributed by atoms with E-state index in [1.165, 1.54) is 13.4 Å². The monoisotopic (exact) mass is 366 g/mol. The van der Waals surface area contributed by atoms with Crippen LogP contribution in [0.5, 0.6) is 11.5 Å². The van der Waals surface area contributed by atoms with Crippen molar-refractivity contribution < 1.29 is 14.3 Å². The third-order valence-corrected chi connectivity index (χ3v) is 3.64. The molecule has 25 heavy (non-hydrogen) atoms. The highest BCUT2D eigenvalue weighted by Gasteiger charge is 2.17. The Morgan fingerprint density at radius 2 is 2.12 bits per heavy atom. The van der Waals surface area contributed by atoms with Crippen LogP contribution in [0.2, 0.25) is 5.02 Å². The number of carbonyl (C=O) groups is 1. The van der Waals surface area contributed by atoms with Gasteiger partial charge in [0.25, 0.3) is 5.91 Å². The summed E-state index contributed by atoms with van der Waals surface area (Å²) in [6.45, 7) is 7.00. The zero-order chi connectivity index (χ0) is 18.4. The molecule has 7 nitrogen and oxygen atoms in total. The second-order valence-corrected chi connectivity index (χ2v) is 6.59. The first kappa shape index (κ1) is 19.1. The second-order valence-electron chi connectivity index (χ2n) is 6.19. The number of nitrogens with one attached hydrogen (secondary N) is 1. The minimum Gasteiger partial charge on any atom is -0.493 e. The van der Waals surface area contributed by atoms with Gasteiger partial charge in [0.2, 0.25) is 0 Å². The Balaban J connectivity index is 2.09. The van der Waals surface area contributed by atoms with E-state index in [2.05, 4.69) is 15.4 Å². The number of hydrogen-bond donors (Lipinski definition) is 1. The molecule has 1 aromatic carbocycles. The minimum atomic E-state index is -0.247. The summed E-state index contributed by atoms with van der Waals surface area (Å²) in [7, 11) is 1.52. The number of rotatable bonds is 8. The van der Waals surface area contributed by atoms with E-state index in [1.54, 1.807) is 23.1 Å². The number of methoxy groups -OCH3 is 1. The van der Waals surface area contributed by atoms with Crippen molar-refractivity contribution in [2.75, 3.05) is 13.7 Å². The average molecular weight is 367 g/mol. The third kappa shape index (κ3) is 5.35. The van der Waals surface area contributed by atoms with Crippen LogP contribution >= 0.6 is 11.6 Å².